The highest BCUT2D eigenvalue weighted by molar-refractivity contribution is 5.95. The molecule has 1 saturated heterocycles. The number of hydrogen-bond acceptors (Lipinski definition) is 5. The van der Waals surface area contributed by atoms with Gasteiger partial charge in [0.15, 0.2) is 11.5 Å². The summed E-state index contributed by atoms with van der Waals surface area (Å²) >= 11 is 0. The molecule has 22 heavy (non-hydrogen) atoms. The number of fused-ring (bicyclic) bond motifs is 1. The fourth-order valence-corrected chi connectivity index (χ4v) is 2.65. The van der Waals surface area contributed by atoms with Crippen molar-refractivity contribution in [2.45, 2.75) is 6.42 Å². The van der Waals surface area contributed by atoms with Gasteiger partial charge in [0, 0.05) is 44.7 Å². The summed E-state index contributed by atoms with van der Waals surface area (Å²) in [6.07, 6.45) is 0.357. The molecule has 0 aromatic heterocycles. The Morgan fingerprint density at radius 2 is 1.73 bits per heavy atom. The smallest absolute Gasteiger partial charge is 0.254 e. The minimum absolute atomic E-state index is 0.0516. The van der Waals surface area contributed by atoms with Crippen LogP contribution in [0.1, 0.15) is 16.8 Å². The van der Waals surface area contributed by atoms with Crippen LogP contribution in [-0.2, 0) is 4.79 Å². The Hall–Kier alpha value is -2.28. The SMILES string of the molecule is NCCC(=O)N1CCN(C(=O)c2ccc3c(c2)OCO3)CC1. The van der Waals surface area contributed by atoms with Crippen molar-refractivity contribution in [1.29, 1.82) is 0 Å². The van der Waals surface area contributed by atoms with E-state index < -0.39 is 0 Å². The maximum Gasteiger partial charge on any atom is 0.254 e. The van der Waals surface area contributed by atoms with E-state index in [2.05, 4.69) is 0 Å². The lowest BCUT2D eigenvalue weighted by atomic mass is 10.1. The molecule has 0 saturated carbocycles. The third-order valence-corrected chi connectivity index (χ3v) is 3.90. The molecule has 3 rings (SSSR count). The van der Waals surface area contributed by atoms with Gasteiger partial charge in [-0.1, -0.05) is 0 Å². The van der Waals surface area contributed by atoms with E-state index in [-0.39, 0.29) is 18.6 Å². The first kappa shape index (κ1) is 14.6. The summed E-state index contributed by atoms with van der Waals surface area (Å²) in [7, 11) is 0. The average Bonchev–Trinajstić information content (AvgIpc) is 3.02. The van der Waals surface area contributed by atoms with Gasteiger partial charge >= 0.3 is 0 Å². The van der Waals surface area contributed by atoms with Crippen molar-refractivity contribution in [1.82, 2.24) is 9.80 Å². The zero-order chi connectivity index (χ0) is 15.5. The number of hydrogen-bond donors (Lipinski definition) is 1. The van der Waals surface area contributed by atoms with Crippen molar-refractivity contribution >= 4 is 11.8 Å². The molecule has 0 atom stereocenters. The van der Waals surface area contributed by atoms with E-state index in [0.717, 1.165) is 0 Å². The maximum absolute atomic E-state index is 12.5. The Balaban J connectivity index is 1.61. The number of ether oxygens (including phenoxy) is 2. The van der Waals surface area contributed by atoms with E-state index in [9.17, 15) is 9.59 Å². The van der Waals surface area contributed by atoms with Crippen LogP contribution in [-0.4, -0.2) is 61.1 Å². The second-order valence-electron chi connectivity index (χ2n) is 5.28. The van der Waals surface area contributed by atoms with E-state index in [1.807, 2.05) is 0 Å². The molecule has 7 nitrogen and oxygen atoms in total. The van der Waals surface area contributed by atoms with Gasteiger partial charge in [-0.2, -0.15) is 0 Å². The van der Waals surface area contributed by atoms with Crippen LogP contribution in [0, 0.1) is 0 Å². The number of carbonyl (C=O) groups excluding carboxylic acids is 2. The van der Waals surface area contributed by atoms with E-state index >= 15 is 0 Å². The highest BCUT2D eigenvalue weighted by Gasteiger charge is 2.25. The number of nitrogens with two attached hydrogens (primary N) is 1. The third kappa shape index (κ3) is 2.85. The molecule has 0 unspecified atom stereocenters. The summed E-state index contributed by atoms with van der Waals surface area (Å²) in [6.45, 7) is 2.71. The van der Waals surface area contributed by atoms with Gasteiger partial charge in [-0.3, -0.25) is 9.59 Å². The second kappa shape index (κ2) is 6.23. The van der Waals surface area contributed by atoms with Gasteiger partial charge in [-0.25, -0.2) is 0 Å². The number of benzene rings is 1. The molecular formula is C15H19N3O4. The summed E-state index contributed by atoms with van der Waals surface area (Å²) in [5.41, 5.74) is 5.97. The Kier molecular flexibility index (Phi) is 4.15. The van der Waals surface area contributed by atoms with Gasteiger partial charge in [-0.15, -0.1) is 0 Å². The molecule has 0 aliphatic carbocycles. The molecule has 2 heterocycles. The number of rotatable bonds is 3. The fourth-order valence-electron chi connectivity index (χ4n) is 2.65. The quantitative estimate of drug-likeness (QED) is 0.853. The summed E-state index contributed by atoms with van der Waals surface area (Å²) in [6, 6.07) is 5.19. The first-order valence-electron chi connectivity index (χ1n) is 7.36. The first-order valence-corrected chi connectivity index (χ1v) is 7.36. The van der Waals surface area contributed by atoms with Crippen LogP contribution in [0.15, 0.2) is 18.2 Å². The predicted octanol–water partition coefficient (Wildman–Crippen LogP) is 0.0485. The van der Waals surface area contributed by atoms with Crippen LogP contribution in [0.5, 0.6) is 11.5 Å². The zero-order valence-corrected chi connectivity index (χ0v) is 12.3. The predicted molar refractivity (Wildman–Crippen MR) is 78.7 cm³/mol. The number of amides is 2. The van der Waals surface area contributed by atoms with Crippen LogP contribution in [0.2, 0.25) is 0 Å². The summed E-state index contributed by atoms with van der Waals surface area (Å²) in [5, 5.41) is 0. The Morgan fingerprint density at radius 3 is 2.45 bits per heavy atom. The molecule has 0 spiro atoms. The normalized spacial score (nSPS) is 16.8. The van der Waals surface area contributed by atoms with E-state index in [0.29, 0.717) is 56.2 Å². The molecule has 7 heteroatoms. The molecule has 2 aliphatic heterocycles. The minimum atomic E-state index is -0.0516. The average molecular weight is 305 g/mol. The minimum Gasteiger partial charge on any atom is -0.454 e. The Bertz CT molecular complexity index is 582. The van der Waals surface area contributed by atoms with E-state index in [1.165, 1.54) is 0 Å². The summed E-state index contributed by atoms with van der Waals surface area (Å²) in [5.74, 6) is 1.26. The standard InChI is InChI=1S/C15H19N3O4/c16-4-3-14(19)17-5-7-18(8-6-17)15(20)11-1-2-12-13(9-11)22-10-21-12/h1-2,9H,3-8,10,16H2. The van der Waals surface area contributed by atoms with Gasteiger partial charge < -0.3 is 25.0 Å². The van der Waals surface area contributed by atoms with Crippen molar-refractivity contribution in [3.8, 4) is 11.5 Å². The Labute approximate surface area is 128 Å². The summed E-state index contributed by atoms with van der Waals surface area (Å²) in [4.78, 5) is 27.8. The lowest BCUT2D eigenvalue weighted by molar-refractivity contribution is -0.132. The molecule has 2 N–H and O–H groups in total. The lowest BCUT2D eigenvalue weighted by Gasteiger charge is -2.34. The monoisotopic (exact) mass is 305 g/mol. The van der Waals surface area contributed by atoms with Gasteiger partial charge in [-0.05, 0) is 18.2 Å². The van der Waals surface area contributed by atoms with Gasteiger partial charge in [0.2, 0.25) is 12.7 Å². The lowest BCUT2D eigenvalue weighted by Crippen LogP contribution is -2.50. The van der Waals surface area contributed by atoms with Crippen LogP contribution in [0.4, 0.5) is 0 Å². The zero-order valence-electron chi connectivity index (χ0n) is 12.3. The summed E-state index contributed by atoms with van der Waals surface area (Å²) < 4.78 is 10.5. The third-order valence-electron chi connectivity index (χ3n) is 3.90. The molecule has 1 aromatic rings. The molecule has 0 bridgehead atoms. The van der Waals surface area contributed by atoms with Gasteiger partial charge in [0.25, 0.3) is 5.91 Å². The van der Waals surface area contributed by atoms with Crippen molar-refractivity contribution in [3.05, 3.63) is 23.8 Å². The second-order valence-corrected chi connectivity index (χ2v) is 5.28. The van der Waals surface area contributed by atoms with Crippen LogP contribution in [0.3, 0.4) is 0 Å². The van der Waals surface area contributed by atoms with Crippen LogP contribution < -0.4 is 15.2 Å². The van der Waals surface area contributed by atoms with Crippen LogP contribution in [0.25, 0.3) is 0 Å². The van der Waals surface area contributed by atoms with Crippen LogP contribution >= 0.6 is 0 Å². The Morgan fingerprint density at radius 1 is 1.05 bits per heavy atom. The van der Waals surface area contributed by atoms with E-state index in [4.69, 9.17) is 15.2 Å². The highest BCUT2D eigenvalue weighted by atomic mass is 16.7. The first-order chi connectivity index (χ1) is 10.7. The molecule has 0 radical (unpaired) electrons. The molecule has 2 amide bonds. The molecule has 118 valence electrons. The number of piperazine rings is 1. The molecule has 1 fully saturated rings. The topological polar surface area (TPSA) is 85.1 Å². The van der Waals surface area contributed by atoms with E-state index in [1.54, 1.807) is 28.0 Å². The van der Waals surface area contributed by atoms with Crippen molar-refractivity contribution in [2.75, 3.05) is 39.5 Å². The van der Waals surface area contributed by atoms with Crippen molar-refractivity contribution < 1.29 is 19.1 Å². The largest absolute Gasteiger partial charge is 0.454 e. The molecule has 2 aliphatic rings. The molecular weight excluding hydrogens is 286 g/mol. The maximum atomic E-state index is 12.5. The fraction of sp³-hybridized carbons (Fsp3) is 0.467. The molecule has 1 aromatic carbocycles. The number of nitrogens with zero attached hydrogens (tertiary/aromatic N) is 2. The number of carbonyl (C=O) groups is 2. The van der Waals surface area contributed by atoms with Crippen molar-refractivity contribution in [3.63, 3.8) is 0 Å². The highest BCUT2D eigenvalue weighted by Crippen LogP contribution is 2.32. The van der Waals surface area contributed by atoms with Crippen molar-refractivity contribution in [2.24, 2.45) is 5.73 Å². The van der Waals surface area contributed by atoms with Gasteiger partial charge in [0.05, 0.1) is 0 Å². The van der Waals surface area contributed by atoms with Gasteiger partial charge in [0.1, 0.15) is 0 Å².